The van der Waals surface area contributed by atoms with E-state index in [1.54, 1.807) is 11.7 Å². The lowest BCUT2D eigenvalue weighted by Gasteiger charge is -2.43. The molecule has 0 spiro atoms. The van der Waals surface area contributed by atoms with Gasteiger partial charge in [-0.1, -0.05) is 0 Å². The van der Waals surface area contributed by atoms with Crippen molar-refractivity contribution in [3.05, 3.63) is 16.8 Å². The Morgan fingerprint density at radius 3 is 1.89 bits per heavy atom. The van der Waals surface area contributed by atoms with Crippen molar-refractivity contribution in [3.63, 3.8) is 0 Å². The van der Waals surface area contributed by atoms with Crippen molar-refractivity contribution in [2.45, 2.75) is 91.2 Å². The number of esters is 4. The number of carbonyl (C=O) groups excluding carboxylic acids is 4. The maximum absolute atomic E-state index is 12.1. The molecule has 0 bridgehead atoms. The number of aryl methyl sites for hydroxylation is 3. The lowest BCUT2D eigenvalue weighted by Crippen LogP contribution is -2.63. The molecule has 13 nitrogen and oxygen atoms in total. The van der Waals surface area contributed by atoms with Gasteiger partial charge in [-0.3, -0.25) is 28.6 Å². The summed E-state index contributed by atoms with van der Waals surface area (Å²) in [6, 6.07) is 0. The zero-order valence-corrected chi connectivity index (χ0v) is 22.1. The van der Waals surface area contributed by atoms with Crippen LogP contribution in [0.3, 0.4) is 0 Å². The van der Waals surface area contributed by atoms with Gasteiger partial charge in [-0.05, 0) is 38.2 Å². The van der Waals surface area contributed by atoms with Crippen molar-refractivity contribution in [1.82, 2.24) is 14.8 Å². The summed E-state index contributed by atoms with van der Waals surface area (Å²) in [5.41, 5.74) is 3.37. The molecule has 206 valence electrons. The molecule has 0 unspecified atom stereocenters. The second-order valence-electron chi connectivity index (χ2n) is 9.31. The summed E-state index contributed by atoms with van der Waals surface area (Å²) in [7, 11) is 1.78. The van der Waals surface area contributed by atoms with E-state index in [4.69, 9.17) is 33.4 Å². The van der Waals surface area contributed by atoms with Crippen molar-refractivity contribution < 1.29 is 47.6 Å². The molecule has 1 aliphatic heterocycles. The fraction of sp³-hybridized carbons (Fsp3) is 0.600. The standard InChI is InChI=1S/C25H31N3O10/c1-11-18-16-9-7-8-10-17(16)23(26-22(18)28(6)27-11)37-25-21(35-14(4)31)19(33-12(2)29)20(34-13(3)30)24(38-25)36-15(5)32/h19-21,24-25H,7-10H2,1-6H3/t19-,20+,21-,24-,25+/m1/s1. The van der Waals surface area contributed by atoms with Crippen molar-refractivity contribution >= 4 is 34.9 Å². The summed E-state index contributed by atoms with van der Waals surface area (Å²) >= 11 is 0. The Bertz CT molecular complexity index is 1270. The third-order valence-electron chi connectivity index (χ3n) is 6.30. The average Bonchev–Trinajstić information content (AvgIpc) is 3.10. The van der Waals surface area contributed by atoms with Crippen LogP contribution in [0.1, 0.15) is 57.4 Å². The molecule has 2 aromatic rings. The molecule has 0 saturated carbocycles. The Morgan fingerprint density at radius 2 is 1.32 bits per heavy atom. The van der Waals surface area contributed by atoms with Crippen LogP contribution in [0.4, 0.5) is 0 Å². The Hall–Kier alpha value is -3.74. The number of pyridine rings is 1. The van der Waals surface area contributed by atoms with Gasteiger partial charge < -0.3 is 23.7 Å². The lowest BCUT2D eigenvalue weighted by atomic mass is 9.90. The fourth-order valence-electron chi connectivity index (χ4n) is 5.01. The molecular weight excluding hydrogens is 502 g/mol. The van der Waals surface area contributed by atoms with Crippen molar-refractivity contribution in [1.29, 1.82) is 0 Å². The van der Waals surface area contributed by atoms with Gasteiger partial charge in [0.15, 0.2) is 11.8 Å². The van der Waals surface area contributed by atoms with Crippen molar-refractivity contribution in [2.75, 3.05) is 0 Å². The Morgan fingerprint density at radius 1 is 0.789 bits per heavy atom. The smallest absolute Gasteiger partial charge is 0.305 e. The first kappa shape index (κ1) is 27.3. The zero-order valence-electron chi connectivity index (χ0n) is 22.1. The molecule has 1 aliphatic carbocycles. The van der Waals surface area contributed by atoms with Crippen LogP contribution in [0.25, 0.3) is 11.0 Å². The Labute approximate surface area is 218 Å². The largest absolute Gasteiger partial charge is 0.454 e. The molecule has 0 N–H and O–H groups in total. The van der Waals surface area contributed by atoms with Crippen LogP contribution in [-0.4, -0.2) is 69.5 Å². The van der Waals surface area contributed by atoms with Crippen LogP contribution in [-0.2, 0) is 62.8 Å². The number of hydrogen-bond donors (Lipinski definition) is 0. The van der Waals surface area contributed by atoms with E-state index in [1.165, 1.54) is 0 Å². The molecule has 1 fully saturated rings. The SMILES string of the molecule is CC(=O)O[C@@H]1O[C@H](Oc2nc3c(c(C)nn3C)c3c2CCCC3)[C@H](OC(C)=O)[C@H](OC(C)=O)[C@@H]1OC(C)=O. The number of nitrogens with zero attached hydrogens (tertiary/aromatic N) is 3. The van der Waals surface area contributed by atoms with Crippen LogP contribution in [0.15, 0.2) is 0 Å². The summed E-state index contributed by atoms with van der Waals surface area (Å²) in [6.45, 7) is 6.48. The molecule has 2 aromatic heterocycles. The van der Waals surface area contributed by atoms with E-state index >= 15 is 0 Å². The van der Waals surface area contributed by atoms with Crippen LogP contribution in [0, 0.1) is 6.92 Å². The first-order valence-corrected chi connectivity index (χ1v) is 12.3. The molecule has 3 heterocycles. The van der Waals surface area contributed by atoms with Crippen molar-refractivity contribution in [3.8, 4) is 5.88 Å². The van der Waals surface area contributed by atoms with Gasteiger partial charge in [0, 0.05) is 45.7 Å². The monoisotopic (exact) mass is 533 g/mol. The predicted octanol–water partition coefficient (Wildman–Crippen LogP) is 1.57. The third kappa shape index (κ3) is 5.57. The molecule has 38 heavy (non-hydrogen) atoms. The average molecular weight is 534 g/mol. The number of rotatable bonds is 6. The molecule has 0 radical (unpaired) electrons. The minimum Gasteiger partial charge on any atom is -0.454 e. The normalized spacial score (nSPS) is 24.7. The Balaban J connectivity index is 1.81. The maximum Gasteiger partial charge on any atom is 0.305 e. The molecule has 1 saturated heterocycles. The summed E-state index contributed by atoms with van der Waals surface area (Å²) in [6.07, 6.45) is -3.83. The third-order valence-corrected chi connectivity index (χ3v) is 6.30. The van der Waals surface area contributed by atoms with E-state index in [1.807, 2.05) is 6.92 Å². The number of hydrogen-bond acceptors (Lipinski definition) is 12. The van der Waals surface area contributed by atoms with E-state index in [0.717, 1.165) is 69.2 Å². The highest BCUT2D eigenvalue weighted by Gasteiger charge is 2.55. The van der Waals surface area contributed by atoms with E-state index in [0.29, 0.717) is 12.1 Å². The molecule has 0 aromatic carbocycles. The minimum absolute atomic E-state index is 0.228. The first-order valence-electron chi connectivity index (χ1n) is 12.3. The van der Waals surface area contributed by atoms with E-state index < -0.39 is 54.8 Å². The van der Waals surface area contributed by atoms with Gasteiger partial charge in [-0.25, -0.2) is 0 Å². The Kier molecular flexibility index (Phi) is 7.86. The zero-order chi connectivity index (χ0) is 27.7. The van der Waals surface area contributed by atoms with Crippen LogP contribution < -0.4 is 4.74 Å². The number of ether oxygens (including phenoxy) is 6. The van der Waals surface area contributed by atoms with Gasteiger partial charge in [0.1, 0.15) is 0 Å². The molecule has 13 heteroatoms. The molecule has 5 atom stereocenters. The van der Waals surface area contributed by atoms with Gasteiger partial charge in [0.25, 0.3) is 0 Å². The second kappa shape index (κ2) is 10.9. The van der Waals surface area contributed by atoms with E-state index in [9.17, 15) is 19.2 Å². The first-order chi connectivity index (χ1) is 18.0. The topological polar surface area (TPSA) is 154 Å². The van der Waals surface area contributed by atoms with Crippen LogP contribution in [0.5, 0.6) is 5.88 Å². The molecule has 4 rings (SSSR count). The number of aromatic nitrogens is 3. The summed E-state index contributed by atoms with van der Waals surface area (Å²) in [4.78, 5) is 52.6. The van der Waals surface area contributed by atoms with Gasteiger partial charge in [-0.15, -0.1) is 0 Å². The second-order valence-corrected chi connectivity index (χ2v) is 9.31. The lowest BCUT2D eigenvalue weighted by molar-refractivity contribution is -0.328. The highest BCUT2D eigenvalue weighted by Crippen LogP contribution is 2.37. The van der Waals surface area contributed by atoms with Gasteiger partial charge >= 0.3 is 23.9 Å². The molecule has 2 aliphatic rings. The number of fused-ring (bicyclic) bond motifs is 3. The van der Waals surface area contributed by atoms with Gasteiger partial charge in [0.05, 0.1) is 5.69 Å². The minimum atomic E-state index is -1.53. The summed E-state index contributed by atoms with van der Waals surface area (Å²) in [5, 5.41) is 5.46. The van der Waals surface area contributed by atoms with E-state index in [2.05, 4.69) is 5.10 Å². The van der Waals surface area contributed by atoms with Crippen LogP contribution >= 0.6 is 0 Å². The van der Waals surface area contributed by atoms with Crippen LogP contribution in [0.2, 0.25) is 0 Å². The molecule has 0 amide bonds. The molecular formula is C25H31N3O10. The highest BCUT2D eigenvalue weighted by atomic mass is 16.8. The van der Waals surface area contributed by atoms with E-state index in [-0.39, 0.29) is 5.88 Å². The number of carbonyl (C=O) groups is 4. The van der Waals surface area contributed by atoms with Gasteiger partial charge in [0.2, 0.25) is 30.7 Å². The maximum atomic E-state index is 12.1. The quantitative estimate of drug-likeness (QED) is 0.391. The summed E-state index contributed by atoms with van der Waals surface area (Å²) in [5.74, 6) is -2.77. The predicted molar refractivity (Wildman–Crippen MR) is 128 cm³/mol. The van der Waals surface area contributed by atoms with Gasteiger partial charge in [-0.2, -0.15) is 10.1 Å². The fourth-order valence-corrected chi connectivity index (χ4v) is 5.01. The summed E-state index contributed by atoms with van der Waals surface area (Å²) < 4.78 is 35.3. The van der Waals surface area contributed by atoms with Crippen molar-refractivity contribution in [2.24, 2.45) is 7.05 Å². The highest BCUT2D eigenvalue weighted by molar-refractivity contribution is 5.84.